The molecule has 0 aliphatic heterocycles. The first kappa shape index (κ1) is 9.51. The number of carbonyl (C=O) groups is 1. The van der Waals surface area contributed by atoms with Crippen LogP contribution >= 0.6 is 0 Å². The molecule has 0 spiro atoms. The molecule has 0 atom stereocenters. The number of nitrogens with zero attached hydrogens (tertiary/aromatic N) is 4. The van der Waals surface area contributed by atoms with Gasteiger partial charge in [0.1, 0.15) is 17.2 Å². The molecule has 2 aromatic rings. The van der Waals surface area contributed by atoms with Crippen LogP contribution in [0.2, 0.25) is 0 Å². The molecule has 0 fully saturated rings. The van der Waals surface area contributed by atoms with E-state index >= 15 is 0 Å². The first-order chi connectivity index (χ1) is 7.16. The second kappa shape index (κ2) is 3.61. The van der Waals surface area contributed by atoms with Crippen molar-refractivity contribution in [1.82, 2.24) is 19.5 Å². The van der Waals surface area contributed by atoms with Gasteiger partial charge in [-0.25, -0.2) is 15.0 Å². The molecule has 0 radical (unpaired) electrons. The molecule has 5 heteroatoms. The summed E-state index contributed by atoms with van der Waals surface area (Å²) in [4.78, 5) is 23.8. The zero-order valence-electron chi connectivity index (χ0n) is 8.51. The highest BCUT2D eigenvalue weighted by Gasteiger charge is 2.12. The summed E-state index contributed by atoms with van der Waals surface area (Å²) < 4.78 is 1.72. The summed E-state index contributed by atoms with van der Waals surface area (Å²) in [5.74, 6) is 0.401. The summed E-state index contributed by atoms with van der Waals surface area (Å²) in [5.41, 5.74) is 0.775. The van der Waals surface area contributed by atoms with Gasteiger partial charge in [-0.2, -0.15) is 0 Å². The largest absolute Gasteiger partial charge is 0.340 e. The van der Waals surface area contributed by atoms with Gasteiger partial charge in [-0.15, -0.1) is 0 Å². The van der Waals surface area contributed by atoms with Crippen molar-refractivity contribution in [1.29, 1.82) is 0 Å². The molecule has 0 N–H and O–H groups in total. The normalized spacial score (nSPS) is 10.3. The minimum Gasteiger partial charge on any atom is -0.340 e. The summed E-state index contributed by atoms with van der Waals surface area (Å²) in [6, 6.07) is 1.59. The van der Waals surface area contributed by atoms with E-state index in [0.717, 1.165) is 0 Å². The van der Waals surface area contributed by atoms with Crippen LogP contribution in [0.3, 0.4) is 0 Å². The summed E-state index contributed by atoms with van der Waals surface area (Å²) in [7, 11) is 1.81. The van der Waals surface area contributed by atoms with Gasteiger partial charge in [-0.05, 0) is 13.0 Å². The molecular formula is C10H10N4O. The van der Waals surface area contributed by atoms with Crippen molar-refractivity contribution < 1.29 is 4.79 Å². The molecule has 5 nitrogen and oxygen atoms in total. The fraction of sp³-hybridized carbons (Fsp3) is 0.200. The smallest absolute Gasteiger partial charge is 0.231 e. The van der Waals surface area contributed by atoms with Crippen LogP contribution in [0.4, 0.5) is 0 Å². The lowest BCUT2D eigenvalue weighted by Gasteiger charge is -1.96. The monoisotopic (exact) mass is 202 g/mol. The van der Waals surface area contributed by atoms with Crippen LogP contribution in [-0.2, 0) is 7.05 Å². The zero-order chi connectivity index (χ0) is 10.8. The molecule has 0 saturated carbocycles. The molecule has 2 aromatic heterocycles. The Balaban J connectivity index is 2.36. The van der Waals surface area contributed by atoms with Crippen LogP contribution in [0.5, 0.6) is 0 Å². The molecule has 2 heterocycles. The van der Waals surface area contributed by atoms with E-state index in [9.17, 15) is 4.79 Å². The Morgan fingerprint density at radius 1 is 1.33 bits per heavy atom. The predicted octanol–water partition coefficient (Wildman–Crippen LogP) is 0.750. The SMILES string of the molecule is Cc1nccc(C(=O)c2cn(C)cn2)n1. The lowest BCUT2D eigenvalue weighted by atomic mass is 10.2. The third-order valence-electron chi connectivity index (χ3n) is 1.95. The van der Waals surface area contributed by atoms with Crippen LogP contribution in [-0.4, -0.2) is 25.3 Å². The van der Waals surface area contributed by atoms with Gasteiger partial charge in [-0.1, -0.05) is 0 Å². The molecule has 0 aromatic carbocycles. The molecular weight excluding hydrogens is 192 g/mol. The number of imidazole rings is 1. The highest BCUT2D eigenvalue weighted by atomic mass is 16.1. The van der Waals surface area contributed by atoms with E-state index in [2.05, 4.69) is 15.0 Å². The highest BCUT2D eigenvalue weighted by Crippen LogP contribution is 2.04. The lowest BCUT2D eigenvalue weighted by molar-refractivity contribution is 0.102. The molecule has 0 amide bonds. The number of aromatic nitrogens is 4. The Labute approximate surface area is 86.8 Å². The number of ketones is 1. The van der Waals surface area contributed by atoms with Gasteiger partial charge in [0.25, 0.3) is 0 Å². The molecule has 76 valence electrons. The van der Waals surface area contributed by atoms with Gasteiger partial charge < -0.3 is 4.57 Å². The maximum atomic E-state index is 11.8. The topological polar surface area (TPSA) is 60.7 Å². The third-order valence-corrected chi connectivity index (χ3v) is 1.95. The molecule has 0 unspecified atom stereocenters. The van der Waals surface area contributed by atoms with Crippen LogP contribution in [0.25, 0.3) is 0 Å². The first-order valence-corrected chi connectivity index (χ1v) is 4.49. The van der Waals surface area contributed by atoms with Gasteiger partial charge in [0.15, 0.2) is 0 Å². The van der Waals surface area contributed by atoms with E-state index < -0.39 is 0 Å². The van der Waals surface area contributed by atoms with Crippen LogP contribution in [0.1, 0.15) is 22.0 Å². The minimum absolute atomic E-state index is 0.180. The zero-order valence-corrected chi connectivity index (χ0v) is 8.51. The number of carbonyl (C=O) groups excluding carboxylic acids is 1. The molecule has 15 heavy (non-hydrogen) atoms. The summed E-state index contributed by atoms with van der Waals surface area (Å²) >= 11 is 0. The summed E-state index contributed by atoms with van der Waals surface area (Å²) in [5, 5.41) is 0. The lowest BCUT2D eigenvalue weighted by Crippen LogP contribution is -2.06. The molecule has 0 aliphatic rings. The average Bonchev–Trinajstić information content (AvgIpc) is 2.64. The Bertz CT molecular complexity index is 504. The Morgan fingerprint density at radius 3 is 2.73 bits per heavy atom. The van der Waals surface area contributed by atoms with Crippen molar-refractivity contribution in [2.24, 2.45) is 7.05 Å². The summed E-state index contributed by atoms with van der Waals surface area (Å²) in [6.45, 7) is 1.75. The second-order valence-electron chi connectivity index (χ2n) is 3.24. The molecule has 0 bridgehead atoms. The van der Waals surface area contributed by atoms with Crippen LogP contribution in [0.15, 0.2) is 24.8 Å². The average molecular weight is 202 g/mol. The van der Waals surface area contributed by atoms with Crippen molar-refractivity contribution in [2.45, 2.75) is 6.92 Å². The van der Waals surface area contributed by atoms with Crippen molar-refractivity contribution in [2.75, 3.05) is 0 Å². The minimum atomic E-state index is -0.180. The van der Waals surface area contributed by atoms with Gasteiger partial charge in [0.05, 0.1) is 6.33 Å². The second-order valence-corrected chi connectivity index (χ2v) is 3.24. The predicted molar refractivity (Wildman–Crippen MR) is 53.4 cm³/mol. The Morgan fingerprint density at radius 2 is 2.13 bits per heavy atom. The fourth-order valence-corrected chi connectivity index (χ4v) is 1.24. The van der Waals surface area contributed by atoms with E-state index in [1.165, 1.54) is 0 Å². The maximum Gasteiger partial charge on any atom is 0.231 e. The van der Waals surface area contributed by atoms with E-state index in [-0.39, 0.29) is 5.78 Å². The van der Waals surface area contributed by atoms with E-state index in [1.807, 2.05) is 7.05 Å². The highest BCUT2D eigenvalue weighted by molar-refractivity contribution is 6.06. The van der Waals surface area contributed by atoms with Gasteiger partial charge in [0.2, 0.25) is 5.78 Å². The first-order valence-electron chi connectivity index (χ1n) is 4.49. The van der Waals surface area contributed by atoms with Crippen molar-refractivity contribution in [3.63, 3.8) is 0 Å². The maximum absolute atomic E-state index is 11.8. The molecule has 0 saturated heterocycles. The number of hydrogen-bond acceptors (Lipinski definition) is 4. The van der Waals surface area contributed by atoms with Crippen molar-refractivity contribution >= 4 is 5.78 Å². The van der Waals surface area contributed by atoms with Crippen molar-refractivity contribution in [3.8, 4) is 0 Å². The Kier molecular flexibility index (Phi) is 2.29. The van der Waals surface area contributed by atoms with E-state index in [0.29, 0.717) is 17.2 Å². The van der Waals surface area contributed by atoms with Gasteiger partial charge in [0, 0.05) is 19.4 Å². The van der Waals surface area contributed by atoms with Crippen molar-refractivity contribution in [3.05, 3.63) is 42.0 Å². The number of rotatable bonds is 2. The quantitative estimate of drug-likeness (QED) is 0.674. The van der Waals surface area contributed by atoms with Gasteiger partial charge in [-0.3, -0.25) is 4.79 Å². The number of aryl methyl sites for hydroxylation is 2. The van der Waals surface area contributed by atoms with Crippen LogP contribution in [0, 0.1) is 6.92 Å². The third kappa shape index (κ3) is 1.90. The van der Waals surface area contributed by atoms with E-state index in [4.69, 9.17) is 0 Å². The molecule has 0 aliphatic carbocycles. The molecule has 2 rings (SSSR count). The Hall–Kier alpha value is -2.04. The fourth-order valence-electron chi connectivity index (χ4n) is 1.24. The van der Waals surface area contributed by atoms with Gasteiger partial charge >= 0.3 is 0 Å². The van der Waals surface area contributed by atoms with E-state index in [1.54, 1.807) is 36.3 Å². The standard InChI is InChI=1S/C10H10N4O/c1-7-11-4-3-8(13-7)10(15)9-5-14(2)6-12-9/h3-6H,1-2H3. The van der Waals surface area contributed by atoms with Crippen LogP contribution < -0.4 is 0 Å². The number of hydrogen-bond donors (Lipinski definition) is 0. The summed E-state index contributed by atoms with van der Waals surface area (Å²) in [6.07, 6.45) is 4.82.